The van der Waals surface area contributed by atoms with Gasteiger partial charge in [-0.15, -0.1) is 10.2 Å². The molecule has 0 bridgehead atoms. The van der Waals surface area contributed by atoms with Crippen LogP contribution in [-0.2, 0) is 0 Å². The Balaban J connectivity index is 1.84. The Bertz CT molecular complexity index is 1140. The topological polar surface area (TPSA) is 96.8 Å². The minimum absolute atomic E-state index is 0.517. The lowest BCUT2D eigenvalue weighted by molar-refractivity contribution is 0.324. The molecule has 2 heterocycles. The molecule has 9 heteroatoms. The van der Waals surface area contributed by atoms with Gasteiger partial charge in [0.2, 0.25) is 10.7 Å². The molecule has 2 aromatic carbocycles. The first-order valence-corrected chi connectivity index (χ1v) is 9.26. The molecule has 28 heavy (non-hydrogen) atoms. The van der Waals surface area contributed by atoms with Crippen molar-refractivity contribution in [3.8, 4) is 39.2 Å². The highest BCUT2D eigenvalue weighted by Crippen LogP contribution is 2.41. The quantitative estimate of drug-likeness (QED) is 0.515. The van der Waals surface area contributed by atoms with Crippen molar-refractivity contribution in [2.45, 2.75) is 6.92 Å². The number of methoxy groups -OCH3 is 3. The monoisotopic (exact) mass is 397 g/mol. The van der Waals surface area contributed by atoms with Gasteiger partial charge in [0, 0.05) is 16.8 Å². The van der Waals surface area contributed by atoms with E-state index in [9.17, 15) is 0 Å². The second-order valence-corrected chi connectivity index (χ2v) is 7.07. The van der Waals surface area contributed by atoms with E-state index in [0.29, 0.717) is 28.0 Å². The van der Waals surface area contributed by atoms with E-state index in [-0.39, 0.29) is 0 Å². The van der Waals surface area contributed by atoms with E-state index in [0.717, 1.165) is 27.4 Å². The number of nitrogen functional groups attached to an aromatic ring is 1. The van der Waals surface area contributed by atoms with Crippen LogP contribution in [-0.4, -0.2) is 41.1 Å². The molecule has 0 atom stereocenters. The van der Waals surface area contributed by atoms with Crippen molar-refractivity contribution >= 4 is 22.0 Å². The van der Waals surface area contributed by atoms with Crippen molar-refractivity contribution < 1.29 is 14.2 Å². The molecule has 2 N–H and O–H groups in total. The molecule has 0 unspecified atom stereocenters. The van der Waals surface area contributed by atoms with Crippen LogP contribution in [0.5, 0.6) is 17.2 Å². The van der Waals surface area contributed by atoms with E-state index in [4.69, 9.17) is 19.9 Å². The smallest absolute Gasteiger partial charge is 0.235 e. The Morgan fingerprint density at radius 1 is 0.929 bits per heavy atom. The molecule has 2 aromatic heterocycles. The van der Waals surface area contributed by atoms with Crippen LogP contribution in [0.1, 0.15) is 5.56 Å². The summed E-state index contributed by atoms with van der Waals surface area (Å²) in [5.74, 6) is 2.17. The Kier molecular flexibility index (Phi) is 4.52. The molecule has 0 aliphatic carbocycles. The highest BCUT2D eigenvalue weighted by Gasteiger charge is 2.19. The molecule has 0 spiro atoms. The molecule has 0 aliphatic heterocycles. The van der Waals surface area contributed by atoms with E-state index in [1.165, 1.54) is 11.3 Å². The summed E-state index contributed by atoms with van der Waals surface area (Å²) in [7, 11) is 4.71. The van der Waals surface area contributed by atoms with Crippen molar-refractivity contribution in [1.29, 1.82) is 0 Å². The molecular weight excluding hydrogens is 378 g/mol. The van der Waals surface area contributed by atoms with Crippen molar-refractivity contribution in [3.05, 3.63) is 35.9 Å². The zero-order valence-corrected chi connectivity index (χ0v) is 16.7. The predicted molar refractivity (Wildman–Crippen MR) is 108 cm³/mol. The molecule has 0 fully saturated rings. The molecule has 8 nitrogen and oxygen atoms in total. The molecule has 144 valence electrons. The van der Waals surface area contributed by atoms with E-state index >= 15 is 0 Å². The maximum atomic E-state index is 6.04. The molecule has 0 saturated heterocycles. The van der Waals surface area contributed by atoms with Crippen LogP contribution >= 0.6 is 11.3 Å². The Morgan fingerprint density at radius 2 is 1.64 bits per heavy atom. The summed E-state index contributed by atoms with van der Waals surface area (Å²) in [6, 6.07) is 9.53. The highest BCUT2D eigenvalue weighted by atomic mass is 32.1. The first kappa shape index (κ1) is 18.1. The first-order chi connectivity index (χ1) is 13.5. The van der Waals surface area contributed by atoms with Crippen LogP contribution in [0.2, 0.25) is 0 Å². The fourth-order valence-electron chi connectivity index (χ4n) is 2.90. The van der Waals surface area contributed by atoms with Crippen molar-refractivity contribution in [1.82, 2.24) is 19.8 Å². The second-order valence-electron chi connectivity index (χ2n) is 6.11. The van der Waals surface area contributed by atoms with Gasteiger partial charge in [0.05, 0.1) is 21.3 Å². The van der Waals surface area contributed by atoms with Crippen molar-refractivity contribution in [2.75, 3.05) is 27.1 Å². The maximum Gasteiger partial charge on any atom is 0.235 e. The number of aromatic nitrogens is 4. The van der Waals surface area contributed by atoms with E-state index in [1.807, 2.05) is 37.3 Å². The summed E-state index contributed by atoms with van der Waals surface area (Å²) in [5, 5.41) is 14.0. The molecule has 0 saturated carbocycles. The van der Waals surface area contributed by atoms with Gasteiger partial charge in [0.1, 0.15) is 5.01 Å². The normalized spacial score (nSPS) is 11.0. The third kappa shape index (κ3) is 2.89. The van der Waals surface area contributed by atoms with Gasteiger partial charge in [-0.2, -0.15) is 9.61 Å². The largest absolute Gasteiger partial charge is 0.493 e. The number of nitrogens with zero attached hydrogens (tertiary/aromatic N) is 4. The van der Waals surface area contributed by atoms with Crippen molar-refractivity contribution in [2.24, 2.45) is 0 Å². The number of nitrogens with two attached hydrogens (primary N) is 1. The van der Waals surface area contributed by atoms with Gasteiger partial charge >= 0.3 is 0 Å². The summed E-state index contributed by atoms with van der Waals surface area (Å²) in [6.07, 6.45) is 0. The molecule has 4 rings (SSSR count). The Morgan fingerprint density at radius 3 is 2.25 bits per heavy atom. The summed E-state index contributed by atoms with van der Waals surface area (Å²) in [6.45, 7) is 1.97. The van der Waals surface area contributed by atoms with Crippen LogP contribution in [0, 0.1) is 6.92 Å². The lowest BCUT2D eigenvalue weighted by Crippen LogP contribution is -1.97. The number of fused-ring (bicyclic) bond motifs is 1. The Labute approximate surface area is 165 Å². The number of hydrogen-bond acceptors (Lipinski definition) is 8. The van der Waals surface area contributed by atoms with E-state index in [1.54, 1.807) is 25.8 Å². The number of aryl methyl sites for hydroxylation is 1. The van der Waals surface area contributed by atoms with Crippen LogP contribution < -0.4 is 19.9 Å². The fourth-order valence-corrected chi connectivity index (χ4v) is 3.73. The summed E-state index contributed by atoms with van der Waals surface area (Å²) in [4.78, 5) is 0.679. The number of hydrogen-bond donors (Lipinski definition) is 1. The first-order valence-electron chi connectivity index (χ1n) is 8.44. The fraction of sp³-hybridized carbons (Fsp3) is 0.211. The maximum absolute atomic E-state index is 6.04. The van der Waals surface area contributed by atoms with E-state index in [2.05, 4.69) is 15.3 Å². The molecular formula is C19H19N5O3S. The van der Waals surface area contributed by atoms with Crippen LogP contribution in [0.4, 0.5) is 5.69 Å². The van der Waals surface area contributed by atoms with E-state index < -0.39 is 0 Å². The summed E-state index contributed by atoms with van der Waals surface area (Å²) >= 11 is 1.44. The van der Waals surface area contributed by atoms with Crippen molar-refractivity contribution in [3.63, 3.8) is 0 Å². The van der Waals surface area contributed by atoms with Crippen LogP contribution in [0.15, 0.2) is 30.3 Å². The summed E-state index contributed by atoms with van der Waals surface area (Å²) < 4.78 is 18.0. The second kappa shape index (κ2) is 7.01. The zero-order chi connectivity index (χ0) is 19.8. The van der Waals surface area contributed by atoms with Gasteiger partial charge in [-0.05, 0) is 30.7 Å². The molecule has 0 amide bonds. The highest BCUT2D eigenvalue weighted by molar-refractivity contribution is 7.19. The van der Waals surface area contributed by atoms with Gasteiger partial charge in [0.25, 0.3) is 0 Å². The summed E-state index contributed by atoms with van der Waals surface area (Å²) in [5.41, 5.74) is 9.50. The lowest BCUT2D eigenvalue weighted by atomic mass is 10.1. The third-order valence-electron chi connectivity index (χ3n) is 4.44. The number of anilines is 1. The minimum atomic E-state index is 0.517. The zero-order valence-electron chi connectivity index (χ0n) is 15.9. The van der Waals surface area contributed by atoms with Gasteiger partial charge in [-0.3, -0.25) is 0 Å². The molecule has 0 radical (unpaired) electrons. The van der Waals surface area contributed by atoms with Gasteiger partial charge in [-0.25, -0.2) is 0 Å². The minimum Gasteiger partial charge on any atom is -0.493 e. The van der Waals surface area contributed by atoms with Crippen LogP contribution in [0.3, 0.4) is 0 Å². The van der Waals surface area contributed by atoms with Gasteiger partial charge in [0.15, 0.2) is 17.3 Å². The average Bonchev–Trinajstić information content (AvgIpc) is 3.29. The standard InChI is InChI=1S/C19H19N5O3S/c1-10-5-6-11(7-13(10)20)18-23-24-17(21-22-19(24)28-18)12-8-14(25-2)16(27-4)15(9-12)26-3/h5-9H,20H2,1-4H3. The number of rotatable bonds is 5. The average molecular weight is 397 g/mol. The SMILES string of the molecule is COc1cc(-c2nnc3sc(-c4ccc(C)c(N)c4)nn23)cc(OC)c1OC. The predicted octanol–water partition coefficient (Wildman–Crippen LogP) is 3.44. The Hall–Kier alpha value is -3.33. The molecule has 0 aliphatic rings. The van der Waals surface area contributed by atoms with Crippen LogP contribution in [0.25, 0.3) is 26.9 Å². The third-order valence-corrected chi connectivity index (χ3v) is 5.39. The number of benzene rings is 2. The number of ether oxygens (including phenoxy) is 3. The lowest BCUT2D eigenvalue weighted by Gasteiger charge is -2.13. The van der Waals surface area contributed by atoms with Gasteiger partial charge in [-0.1, -0.05) is 23.5 Å². The van der Waals surface area contributed by atoms with Gasteiger partial charge < -0.3 is 19.9 Å². The molecule has 4 aromatic rings.